The first-order valence-electron chi connectivity index (χ1n) is 8.68. The van der Waals surface area contributed by atoms with Crippen LogP contribution in [0.2, 0.25) is 0 Å². The highest BCUT2D eigenvalue weighted by atomic mass is 35.5. The third-order valence-corrected chi connectivity index (χ3v) is 6.32. The summed E-state index contributed by atoms with van der Waals surface area (Å²) in [6.07, 6.45) is 4.59. The van der Waals surface area contributed by atoms with Crippen LogP contribution < -0.4 is 16.2 Å². The van der Waals surface area contributed by atoms with Crippen molar-refractivity contribution in [3.05, 3.63) is 40.2 Å². The van der Waals surface area contributed by atoms with E-state index in [0.29, 0.717) is 18.2 Å². The molecule has 0 amide bonds. The van der Waals surface area contributed by atoms with Crippen molar-refractivity contribution < 1.29 is 4.39 Å². The van der Waals surface area contributed by atoms with E-state index in [9.17, 15) is 9.18 Å². The summed E-state index contributed by atoms with van der Waals surface area (Å²) in [6.45, 7) is 6.06. The van der Waals surface area contributed by atoms with Crippen molar-refractivity contribution in [1.82, 2.24) is 9.55 Å². The van der Waals surface area contributed by atoms with Crippen LogP contribution in [0.5, 0.6) is 0 Å². The van der Waals surface area contributed by atoms with E-state index < -0.39 is 16.6 Å². The van der Waals surface area contributed by atoms with Gasteiger partial charge in [-0.05, 0) is 37.8 Å². The molecular weight excluding hydrogens is 378 g/mol. The summed E-state index contributed by atoms with van der Waals surface area (Å²) in [4.78, 5) is 19.3. The van der Waals surface area contributed by atoms with Gasteiger partial charge in [0.25, 0.3) is 5.56 Å². The number of nitrogens with two attached hydrogens (primary N) is 1. The highest BCUT2D eigenvalue weighted by Crippen LogP contribution is 2.33. The average molecular weight is 401 g/mol. The predicted octanol–water partition coefficient (Wildman–Crippen LogP) is 3.04. The second kappa shape index (κ2) is 7.33. The number of piperidine rings is 1. The molecule has 2 heterocycles. The van der Waals surface area contributed by atoms with E-state index >= 15 is 0 Å². The minimum absolute atomic E-state index is 0.0464. The van der Waals surface area contributed by atoms with Gasteiger partial charge in [0.1, 0.15) is 17.5 Å². The van der Waals surface area contributed by atoms with Crippen molar-refractivity contribution in [3.63, 3.8) is 0 Å². The number of hydrogen-bond acceptors (Lipinski definition) is 4. The fourth-order valence-corrected chi connectivity index (χ4v) is 3.87. The van der Waals surface area contributed by atoms with Gasteiger partial charge >= 0.3 is 0 Å². The Kier molecular flexibility index (Phi) is 5.47. The van der Waals surface area contributed by atoms with E-state index in [-0.39, 0.29) is 16.7 Å². The molecule has 142 valence electrons. The molecule has 8 heteroatoms. The molecule has 0 aromatic carbocycles. The second-order valence-electron chi connectivity index (χ2n) is 7.28. The maximum Gasteiger partial charge on any atom is 0.260 e. The van der Waals surface area contributed by atoms with Crippen molar-refractivity contribution >= 4 is 34.7 Å². The zero-order chi connectivity index (χ0) is 19.1. The highest BCUT2D eigenvalue weighted by molar-refractivity contribution is 6.34. The standard InChI is InChI=1S/C18H23Cl2FN4O/c1-11-23-14(24-7-5-18(2,10-22)6-8-24)9-15(26)25(11)17-13(21)4-3-12(19)16(17)20/h3-4,9,12,16H,5-8,10,22H2,1-2H3/t12-,16-/m0/s1. The first-order valence-corrected chi connectivity index (χ1v) is 9.55. The molecule has 0 saturated carbocycles. The van der Waals surface area contributed by atoms with Gasteiger partial charge in [-0.15, -0.1) is 23.2 Å². The molecular formula is C18H23Cl2FN4O. The zero-order valence-corrected chi connectivity index (χ0v) is 16.4. The van der Waals surface area contributed by atoms with Crippen LogP contribution in [-0.4, -0.2) is 39.9 Å². The molecule has 1 aromatic heterocycles. The first-order chi connectivity index (χ1) is 12.3. The number of halogens is 3. The number of aryl methyl sites for hydroxylation is 1. The number of anilines is 1. The SMILES string of the molecule is Cc1nc(N2CCC(C)(CN)CC2)cc(=O)n1C1=C(F)C=C[C@H](Cl)[C@@H]1Cl. The minimum Gasteiger partial charge on any atom is -0.356 e. The largest absolute Gasteiger partial charge is 0.356 e. The van der Waals surface area contributed by atoms with Crippen LogP contribution in [0.15, 0.2) is 28.8 Å². The fourth-order valence-electron chi connectivity index (χ4n) is 3.39. The molecule has 2 aliphatic rings. The van der Waals surface area contributed by atoms with Gasteiger partial charge in [-0.3, -0.25) is 9.36 Å². The van der Waals surface area contributed by atoms with Crippen molar-refractivity contribution in [3.8, 4) is 0 Å². The van der Waals surface area contributed by atoms with E-state index in [1.807, 2.05) is 0 Å². The van der Waals surface area contributed by atoms with Crippen molar-refractivity contribution in [2.24, 2.45) is 11.1 Å². The maximum atomic E-state index is 14.3. The van der Waals surface area contributed by atoms with Gasteiger partial charge in [0.05, 0.1) is 16.5 Å². The normalized spacial score (nSPS) is 25.7. The summed E-state index contributed by atoms with van der Waals surface area (Å²) in [5.74, 6) is 0.414. The Balaban J connectivity index is 1.93. The summed E-state index contributed by atoms with van der Waals surface area (Å²) < 4.78 is 15.5. The van der Waals surface area contributed by atoms with Gasteiger partial charge in [-0.1, -0.05) is 13.0 Å². The van der Waals surface area contributed by atoms with Crippen LogP contribution in [0.1, 0.15) is 25.6 Å². The van der Waals surface area contributed by atoms with Gasteiger partial charge in [0.15, 0.2) is 0 Å². The Labute approximate surface area is 162 Å². The summed E-state index contributed by atoms with van der Waals surface area (Å²) in [7, 11) is 0. The van der Waals surface area contributed by atoms with Gasteiger partial charge in [0.2, 0.25) is 0 Å². The van der Waals surface area contributed by atoms with Crippen molar-refractivity contribution in [2.45, 2.75) is 37.4 Å². The maximum absolute atomic E-state index is 14.3. The minimum atomic E-state index is -0.842. The monoisotopic (exact) mass is 400 g/mol. The molecule has 1 saturated heterocycles. The molecule has 0 radical (unpaired) electrons. The van der Waals surface area contributed by atoms with Gasteiger partial charge < -0.3 is 10.6 Å². The van der Waals surface area contributed by atoms with Crippen molar-refractivity contribution in [2.75, 3.05) is 24.5 Å². The number of alkyl halides is 2. The molecule has 1 fully saturated rings. The molecule has 0 bridgehead atoms. The summed E-state index contributed by atoms with van der Waals surface area (Å²) in [6, 6.07) is 1.43. The van der Waals surface area contributed by atoms with E-state index in [1.165, 1.54) is 22.8 Å². The van der Waals surface area contributed by atoms with E-state index in [1.54, 1.807) is 6.92 Å². The van der Waals surface area contributed by atoms with E-state index in [2.05, 4.69) is 16.8 Å². The Morgan fingerprint density at radius 1 is 1.38 bits per heavy atom. The van der Waals surface area contributed by atoms with Crippen LogP contribution in [0.4, 0.5) is 10.2 Å². The summed E-state index contributed by atoms with van der Waals surface area (Å²) in [5, 5.41) is -1.43. The molecule has 0 unspecified atom stereocenters. The average Bonchev–Trinajstić information content (AvgIpc) is 2.61. The number of hydrogen-bond donors (Lipinski definition) is 1. The lowest BCUT2D eigenvalue weighted by atomic mass is 9.80. The number of nitrogens with zero attached hydrogens (tertiary/aromatic N) is 3. The Morgan fingerprint density at radius 2 is 2.04 bits per heavy atom. The second-order valence-corrected chi connectivity index (χ2v) is 8.25. The van der Waals surface area contributed by atoms with Gasteiger partial charge in [-0.25, -0.2) is 9.37 Å². The van der Waals surface area contributed by atoms with Crippen LogP contribution in [-0.2, 0) is 0 Å². The van der Waals surface area contributed by atoms with Gasteiger partial charge in [0, 0.05) is 19.2 Å². The van der Waals surface area contributed by atoms with E-state index in [0.717, 1.165) is 25.9 Å². The fraction of sp³-hybridized carbons (Fsp3) is 0.556. The Hall–Kier alpha value is -1.37. The van der Waals surface area contributed by atoms with Crippen LogP contribution in [0.3, 0.4) is 0 Å². The lowest BCUT2D eigenvalue weighted by Crippen LogP contribution is -2.43. The Morgan fingerprint density at radius 3 is 2.62 bits per heavy atom. The number of allylic oxidation sites excluding steroid dienone is 4. The topological polar surface area (TPSA) is 64.2 Å². The third kappa shape index (κ3) is 3.55. The number of rotatable bonds is 3. The van der Waals surface area contributed by atoms with Crippen LogP contribution in [0.25, 0.3) is 5.70 Å². The third-order valence-electron chi connectivity index (χ3n) is 5.31. The predicted molar refractivity (Wildman–Crippen MR) is 105 cm³/mol. The molecule has 26 heavy (non-hydrogen) atoms. The van der Waals surface area contributed by atoms with Crippen LogP contribution in [0, 0.1) is 12.3 Å². The molecule has 2 atom stereocenters. The molecule has 5 nitrogen and oxygen atoms in total. The zero-order valence-electron chi connectivity index (χ0n) is 14.9. The first kappa shape index (κ1) is 19.4. The summed E-state index contributed by atoms with van der Waals surface area (Å²) >= 11 is 12.4. The lowest BCUT2D eigenvalue weighted by molar-refractivity contribution is 0.258. The molecule has 1 aliphatic carbocycles. The molecule has 1 aromatic rings. The Bertz CT molecular complexity index is 812. The molecule has 1 aliphatic heterocycles. The van der Waals surface area contributed by atoms with Gasteiger partial charge in [-0.2, -0.15) is 0 Å². The van der Waals surface area contributed by atoms with Crippen LogP contribution >= 0.6 is 23.2 Å². The highest BCUT2D eigenvalue weighted by Gasteiger charge is 2.31. The lowest BCUT2D eigenvalue weighted by Gasteiger charge is -2.39. The smallest absolute Gasteiger partial charge is 0.260 e. The molecule has 2 N–H and O–H groups in total. The summed E-state index contributed by atoms with van der Waals surface area (Å²) in [5.41, 5.74) is 5.66. The molecule has 0 spiro atoms. The number of aromatic nitrogens is 2. The molecule has 3 rings (SSSR count). The quantitative estimate of drug-likeness (QED) is 0.791. The van der Waals surface area contributed by atoms with Crippen molar-refractivity contribution in [1.29, 1.82) is 0 Å². The van der Waals surface area contributed by atoms with E-state index in [4.69, 9.17) is 28.9 Å².